The average molecular weight is 442 g/mol. The summed E-state index contributed by atoms with van der Waals surface area (Å²) in [6.07, 6.45) is 0.988. The van der Waals surface area contributed by atoms with E-state index in [2.05, 4.69) is 10.1 Å². The molecule has 1 aliphatic carbocycles. The number of nitro groups is 1. The van der Waals surface area contributed by atoms with Crippen molar-refractivity contribution >= 4 is 38.1 Å². The van der Waals surface area contributed by atoms with Crippen LogP contribution in [0, 0.1) is 10.1 Å². The summed E-state index contributed by atoms with van der Waals surface area (Å²) in [5.41, 5.74) is -2.98. The number of halogens is 3. The van der Waals surface area contributed by atoms with Gasteiger partial charge in [0.1, 0.15) is 10.8 Å². The summed E-state index contributed by atoms with van der Waals surface area (Å²) in [5, 5.41) is 15.2. The Morgan fingerprint density at radius 2 is 2.00 bits per heavy atom. The van der Waals surface area contributed by atoms with Crippen LogP contribution in [0.3, 0.4) is 0 Å². The molecule has 1 aromatic heterocycles. The molecule has 0 radical (unpaired) electrons. The minimum Gasteiger partial charge on any atom is -0.391 e. The third-order valence-corrected chi connectivity index (χ3v) is 6.30. The molecule has 2 aliphatic rings. The van der Waals surface area contributed by atoms with E-state index in [9.17, 15) is 28.1 Å². The van der Waals surface area contributed by atoms with Crippen molar-refractivity contribution in [2.45, 2.75) is 50.8 Å². The normalized spacial score (nSPS) is 19.2. The van der Waals surface area contributed by atoms with Crippen molar-refractivity contribution in [3.05, 3.63) is 38.2 Å². The van der Waals surface area contributed by atoms with Crippen LogP contribution >= 0.6 is 11.3 Å². The van der Waals surface area contributed by atoms with Gasteiger partial charge in [-0.25, -0.2) is 0 Å². The van der Waals surface area contributed by atoms with Gasteiger partial charge in [0.25, 0.3) is 11.2 Å². The lowest BCUT2D eigenvalue weighted by molar-refractivity contribution is -0.383. The number of nitrogens with zero attached hydrogens (tertiary/aromatic N) is 4. The molecule has 30 heavy (non-hydrogen) atoms. The van der Waals surface area contributed by atoms with Crippen LogP contribution < -0.4 is 10.5 Å². The summed E-state index contributed by atoms with van der Waals surface area (Å²) in [7, 11) is 0. The van der Waals surface area contributed by atoms with E-state index in [0.717, 1.165) is 37.0 Å². The first-order valence-electron chi connectivity index (χ1n) is 9.45. The van der Waals surface area contributed by atoms with Crippen LogP contribution in [-0.4, -0.2) is 28.4 Å². The second kappa shape index (κ2) is 7.82. The van der Waals surface area contributed by atoms with Gasteiger partial charge in [0, 0.05) is 19.0 Å². The zero-order valence-corrected chi connectivity index (χ0v) is 16.5. The summed E-state index contributed by atoms with van der Waals surface area (Å²) in [4.78, 5) is 33.9. The maximum atomic E-state index is 13.1. The second-order valence-corrected chi connectivity index (χ2v) is 8.18. The fourth-order valence-corrected chi connectivity index (χ4v) is 4.60. The number of hydrogen-bond donors (Lipinski definition) is 0. The molecule has 1 saturated carbocycles. The zero-order chi connectivity index (χ0) is 21.5. The number of rotatable bonds is 4. The Labute approximate surface area is 172 Å². The average Bonchev–Trinajstić information content (AvgIpc) is 2.66. The van der Waals surface area contributed by atoms with Gasteiger partial charge < -0.3 is 9.74 Å². The van der Waals surface area contributed by atoms with Gasteiger partial charge in [0.05, 0.1) is 15.9 Å². The summed E-state index contributed by atoms with van der Waals surface area (Å²) in [5.74, 6) is 0.539. The topological polar surface area (TPSA) is 97.9 Å². The quantitative estimate of drug-likeness (QED) is 0.512. The van der Waals surface area contributed by atoms with E-state index < -0.39 is 33.3 Å². The van der Waals surface area contributed by atoms with E-state index >= 15 is 0 Å². The molecule has 1 saturated heterocycles. The smallest absolute Gasteiger partial charge is 0.391 e. The molecule has 2 heterocycles. The third kappa shape index (κ3) is 3.95. The highest BCUT2D eigenvalue weighted by atomic mass is 32.1. The van der Waals surface area contributed by atoms with E-state index in [1.165, 1.54) is 6.42 Å². The fraction of sp³-hybridized carbons (Fsp3) is 0.500. The summed E-state index contributed by atoms with van der Waals surface area (Å²) in [6.45, 7) is 0.482. The molecule has 2 fully saturated rings. The van der Waals surface area contributed by atoms with Crippen LogP contribution in [0.5, 0.6) is 0 Å². The van der Waals surface area contributed by atoms with Gasteiger partial charge in [-0.05, 0) is 31.7 Å². The van der Waals surface area contributed by atoms with Crippen molar-refractivity contribution in [3.63, 3.8) is 0 Å². The predicted octanol–water partition coefficient (Wildman–Crippen LogP) is 4.46. The number of benzene rings is 1. The van der Waals surface area contributed by atoms with Crippen LogP contribution in [0.4, 0.5) is 24.0 Å². The molecule has 160 valence electrons. The summed E-state index contributed by atoms with van der Waals surface area (Å²) >= 11 is 0.794. The second-order valence-electron chi connectivity index (χ2n) is 7.20. The molecule has 0 bridgehead atoms. The molecular weight excluding hydrogens is 425 g/mol. The molecule has 0 spiro atoms. The van der Waals surface area contributed by atoms with Crippen molar-refractivity contribution in [2.75, 3.05) is 11.4 Å². The van der Waals surface area contributed by atoms with E-state index in [1.54, 1.807) is 4.90 Å². The Hall–Kier alpha value is -2.76. The first-order chi connectivity index (χ1) is 14.2. The Morgan fingerprint density at radius 1 is 1.27 bits per heavy atom. The number of oxime groups is 1. The van der Waals surface area contributed by atoms with Crippen LogP contribution in [0.1, 0.15) is 44.1 Å². The van der Waals surface area contributed by atoms with Crippen molar-refractivity contribution < 1.29 is 22.9 Å². The monoisotopic (exact) mass is 442 g/mol. The summed E-state index contributed by atoms with van der Waals surface area (Å²) < 4.78 is 39.1. The largest absolute Gasteiger partial charge is 0.416 e. The number of non-ortho nitro benzene ring substituents is 1. The van der Waals surface area contributed by atoms with E-state index in [0.29, 0.717) is 30.9 Å². The molecular formula is C18H17F3N4O4S. The highest BCUT2D eigenvalue weighted by molar-refractivity contribution is 7.22. The lowest BCUT2D eigenvalue weighted by atomic mass is 9.98. The molecule has 1 aromatic carbocycles. The highest BCUT2D eigenvalue weighted by Crippen LogP contribution is 2.39. The van der Waals surface area contributed by atoms with Crippen LogP contribution in [0.25, 0.3) is 10.1 Å². The summed E-state index contributed by atoms with van der Waals surface area (Å²) in [6, 6.07) is 1.05. The predicted molar refractivity (Wildman–Crippen MR) is 105 cm³/mol. The molecule has 1 aliphatic heterocycles. The molecule has 0 amide bonds. The minimum atomic E-state index is -4.82. The first kappa shape index (κ1) is 20.5. The standard InChI is InChI=1S/C18H17F3N4O4S/c19-18(20,21)10-8-12-15(13(9-10)25(27)28)30-17(22-16(12)26)24-7-6-14(24)23-29-11-4-2-1-3-5-11/h8-9,11H,1-7H2. The Bertz CT molecular complexity index is 1080. The molecule has 0 unspecified atom stereocenters. The van der Waals surface area contributed by atoms with Crippen molar-refractivity contribution in [3.8, 4) is 0 Å². The van der Waals surface area contributed by atoms with Gasteiger partial charge in [-0.15, -0.1) is 0 Å². The number of anilines is 1. The minimum absolute atomic E-state index is 0.0406. The van der Waals surface area contributed by atoms with Gasteiger partial charge in [-0.2, -0.15) is 18.2 Å². The Balaban J connectivity index is 1.69. The van der Waals surface area contributed by atoms with Crippen LogP contribution in [-0.2, 0) is 11.0 Å². The number of aromatic nitrogens is 1. The lowest BCUT2D eigenvalue weighted by Crippen LogP contribution is -2.44. The molecule has 0 N–H and O–H groups in total. The maximum absolute atomic E-state index is 13.1. The van der Waals surface area contributed by atoms with Crippen LogP contribution in [0.15, 0.2) is 22.1 Å². The first-order valence-corrected chi connectivity index (χ1v) is 10.3. The number of alkyl halides is 3. The lowest BCUT2D eigenvalue weighted by Gasteiger charge is -2.32. The van der Waals surface area contributed by atoms with E-state index in [-0.39, 0.29) is 15.9 Å². The Morgan fingerprint density at radius 3 is 2.60 bits per heavy atom. The maximum Gasteiger partial charge on any atom is 0.416 e. The van der Waals surface area contributed by atoms with Crippen LogP contribution in [0.2, 0.25) is 0 Å². The van der Waals surface area contributed by atoms with Gasteiger partial charge in [-0.3, -0.25) is 14.9 Å². The molecule has 2 aromatic rings. The molecule has 0 atom stereocenters. The molecule has 8 nitrogen and oxygen atoms in total. The Kier molecular flexibility index (Phi) is 5.35. The number of nitro benzene ring substituents is 1. The van der Waals surface area contributed by atoms with Gasteiger partial charge in [-0.1, -0.05) is 22.9 Å². The highest BCUT2D eigenvalue weighted by Gasteiger charge is 2.35. The molecule has 12 heteroatoms. The third-order valence-electron chi connectivity index (χ3n) is 5.18. The number of amidine groups is 1. The van der Waals surface area contributed by atoms with Gasteiger partial charge in [0.15, 0.2) is 11.0 Å². The van der Waals surface area contributed by atoms with Gasteiger partial charge >= 0.3 is 6.18 Å². The van der Waals surface area contributed by atoms with Crippen molar-refractivity contribution in [1.29, 1.82) is 0 Å². The van der Waals surface area contributed by atoms with E-state index in [1.807, 2.05) is 0 Å². The van der Waals surface area contributed by atoms with Gasteiger partial charge in [0.2, 0.25) is 0 Å². The fourth-order valence-electron chi connectivity index (χ4n) is 3.49. The number of fused-ring (bicyclic) bond motifs is 1. The zero-order valence-electron chi connectivity index (χ0n) is 15.6. The van der Waals surface area contributed by atoms with Crippen molar-refractivity contribution in [1.82, 2.24) is 4.98 Å². The van der Waals surface area contributed by atoms with E-state index in [4.69, 9.17) is 4.84 Å². The SMILES string of the molecule is O=c1nc(N2CCC2=NOC2CCCCC2)sc2c([N+](=O)[O-])cc(C(F)(F)F)cc12. The van der Waals surface area contributed by atoms with Crippen molar-refractivity contribution in [2.24, 2.45) is 5.16 Å². The number of hydrogen-bond acceptors (Lipinski definition) is 7. The molecule has 4 rings (SSSR count).